The van der Waals surface area contributed by atoms with Crippen molar-refractivity contribution in [2.45, 2.75) is 25.3 Å². The topological polar surface area (TPSA) is 83.9 Å². The molecule has 2 unspecified atom stereocenters. The summed E-state index contributed by atoms with van der Waals surface area (Å²) in [5, 5.41) is 4.39. The van der Waals surface area contributed by atoms with E-state index in [-0.39, 0.29) is 17.9 Å². The fourth-order valence-electron chi connectivity index (χ4n) is 4.17. The first-order chi connectivity index (χ1) is 12.2. The van der Waals surface area contributed by atoms with Crippen molar-refractivity contribution in [2.75, 3.05) is 26.2 Å². The summed E-state index contributed by atoms with van der Waals surface area (Å²) < 4.78 is 1.72. The Hall–Kier alpha value is -2.41. The van der Waals surface area contributed by atoms with Crippen molar-refractivity contribution >= 4 is 17.3 Å². The van der Waals surface area contributed by atoms with E-state index in [0.717, 1.165) is 18.4 Å². The fraction of sp³-hybridized carbons (Fsp3) is 0.500. The Labute approximate surface area is 146 Å². The number of piperidine rings is 2. The number of carbonyl (C=O) groups excluding carboxylic acids is 2. The first-order valence-electron chi connectivity index (χ1n) is 8.90. The molecule has 2 atom stereocenters. The quantitative estimate of drug-likeness (QED) is 0.893. The molecule has 0 aromatic carbocycles. The monoisotopic (exact) mass is 341 g/mol. The molecule has 7 nitrogen and oxygen atoms in total. The molecule has 0 bridgehead atoms. The minimum Gasteiger partial charge on any atom is -0.338 e. The van der Waals surface area contributed by atoms with E-state index >= 15 is 0 Å². The standard InChI is InChI=1S/C18H23N5O2/c19-7-10-22-16-6-9-21(12-13(16)4-5-17(22)24)18(25)15-11-14-3-1-2-8-23(14)20-15/h1-3,8,11,13,16H,4-7,9-10,12,19H2. The van der Waals surface area contributed by atoms with Gasteiger partial charge in [0.25, 0.3) is 5.91 Å². The molecule has 2 aromatic heterocycles. The maximum atomic E-state index is 12.9. The number of likely N-dealkylation sites (tertiary alicyclic amines) is 2. The van der Waals surface area contributed by atoms with Crippen LogP contribution in [0.2, 0.25) is 0 Å². The summed E-state index contributed by atoms with van der Waals surface area (Å²) in [5.74, 6) is 0.509. The number of fused-ring (bicyclic) bond motifs is 2. The zero-order valence-electron chi connectivity index (χ0n) is 14.2. The van der Waals surface area contributed by atoms with Gasteiger partial charge in [-0.2, -0.15) is 5.10 Å². The first-order valence-corrected chi connectivity index (χ1v) is 8.90. The normalized spacial score (nSPS) is 23.8. The summed E-state index contributed by atoms with van der Waals surface area (Å²) in [7, 11) is 0. The molecular formula is C18H23N5O2. The molecule has 4 rings (SSSR count). The third-order valence-electron chi connectivity index (χ3n) is 5.39. The van der Waals surface area contributed by atoms with Gasteiger partial charge < -0.3 is 15.5 Å². The predicted octanol–water partition coefficient (Wildman–Crippen LogP) is 0.746. The molecule has 0 aliphatic carbocycles. The minimum absolute atomic E-state index is 0.0237. The van der Waals surface area contributed by atoms with Crippen LogP contribution in [0.25, 0.3) is 5.52 Å². The van der Waals surface area contributed by atoms with Crippen LogP contribution in [0.3, 0.4) is 0 Å². The molecule has 2 amide bonds. The maximum Gasteiger partial charge on any atom is 0.274 e. The van der Waals surface area contributed by atoms with Crippen molar-refractivity contribution in [3.05, 3.63) is 36.2 Å². The van der Waals surface area contributed by atoms with Crippen LogP contribution in [-0.2, 0) is 4.79 Å². The molecule has 4 heterocycles. The van der Waals surface area contributed by atoms with Gasteiger partial charge in [-0.3, -0.25) is 9.59 Å². The van der Waals surface area contributed by atoms with Crippen LogP contribution in [0.4, 0.5) is 0 Å². The number of aromatic nitrogens is 2. The highest BCUT2D eigenvalue weighted by molar-refractivity contribution is 5.93. The van der Waals surface area contributed by atoms with Gasteiger partial charge in [-0.25, -0.2) is 4.52 Å². The Bertz CT molecular complexity index is 769. The van der Waals surface area contributed by atoms with E-state index < -0.39 is 0 Å². The van der Waals surface area contributed by atoms with Crippen LogP contribution in [0.5, 0.6) is 0 Å². The van der Waals surface area contributed by atoms with Crippen molar-refractivity contribution < 1.29 is 9.59 Å². The van der Waals surface area contributed by atoms with E-state index in [4.69, 9.17) is 5.73 Å². The Morgan fingerprint density at radius 2 is 2.20 bits per heavy atom. The van der Waals surface area contributed by atoms with Gasteiger partial charge in [0, 0.05) is 44.8 Å². The highest BCUT2D eigenvalue weighted by atomic mass is 16.2. The third kappa shape index (κ3) is 2.89. The number of hydrogen-bond acceptors (Lipinski definition) is 4. The molecule has 2 aliphatic heterocycles. The van der Waals surface area contributed by atoms with Gasteiger partial charge in [-0.05, 0) is 37.0 Å². The lowest BCUT2D eigenvalue weighted by Gasteiger charge is -2.46. The van der Waals surface area contributed by atoms with Crippen LogP contribution in [0, 0.1) is 5.92 Å². The molecule has 7 heteroatoms. The number of nitrogens with two attached hydrogens (primary N) is 1. The summed E-state index contributed by atoms with van der Waals surface area (Å²) in [6.07, 6.45) is 4.06. The largest absolute Gasteiger partial charge is 0.338 e. The number of amides is 2. The zero-order chi connectivity index (χ0) is 17.4. The summed E-state index contributed by atoms with van der Waals surface area (Å²) >= 11 is 0. The lowest BCUT2D eigenvalue weighted by molar-refractivity contribution is -0.140. The highest BCUT2D eigenvalue weighted by Gasteiger charge is 2.40. The number of pyridine rings is 1. The molecule has 0 spiro atoms. The van der Waals surface area contributed by atoms with Crippen molar-refractivity contribution in [1.29, 1.82) is 0 Å². The van der Waals surface area contributed by atoms with Gasteiger partial charge in [0.2, 0.25) is 5.91 Å². The molecule has 0 radical (unpaired) electrons. The Morgan fingerprint density at radius 1 is 1.32 bits per heavy atom. The fourth-order valence-corrected chi connectivity index (χ4v) is 4.17. The minimum atomic E-state index is -0.0237. The van der Waals surface area contributed by atoms with Crippen molar-refractivity contribution in [2.24, 2.45) is 11.7 Å². The lowest BCUT2D eigenvalue weighted by Crippen LogP contribution is -2.57. The van der Waals surface area contributed by atoms with Crippen LogP contribution in [-0.4, -0.2) is 63.4 Å². The first kappa shape index (κ1) is 16.1. The van der Waals surface area contributed by atoms with Gasteiger partial charge in [0.05, 0.1) is 5.52 Å². The Balaban J connectivity index is 1.50. The van der Waals surface area contributed by atoms with Crippen LogP contribution in [0.15, 0.2) is 30.5 Å². The lowest BCUT2D eigenvalue weighted by atomic mass is 9.83. The van der Waals surface area contributed by atoms with E-state index in [1.165, 1.54) is 0 Å². The van der Waals surface area contributed by atoms with Gasteiger partial charge in [0.15, 0.2) is 5.69 Å². The average Bonchev–Trinajstić information content (AvgIpc) is 3.07. The molecule has 2 fully saturated rings. The maximum absolute atomic E-state index is 12.9. The van der Waals surface area contributed by atoms with Crippen LogP contribution >= 0.6 is 0 Å². The molecule has 2 aromatic rings. The van der Waals surface area contributed by atoms with E-state index in [2.05, 4.69) is 5.10 Å². The summed E-state index contributed by atoms with van der Waals surface area (Å²) in [6.45, 7) is 2.44. The Kier molecular flexibility index (Phi) is 4.17. The van der Waals surface area contributed by atoms with Crippen molar-refractivity contribution in [1.82, 2.24) is 19.4 Å². The third-order valence-corrected chi connectivity index (χ3v) is 5.39. The van der Waals surface area contributed by atoms with Crippen molar-refractivity contribution in [3.63, 3.8) is 0 Å². The highest BCUT2D eigenvalue weighted by Crippen LogP contribution is 2.31. The molecule has 132 valence electrons. The SMILES string of the molecule is NCCN1C(=O)CCC2CN(C(=O)c3cc4ccccn4n3)CCC21. The molecular weight excluding hydrogens is 318 g/mol. The van der Waals surface area contributed by atoms with E-state index in [1.807, 2.05) is 40.3 Å². The second kappa shape index (κ2) is 6.48. The van der Waals surface area contributed by atoms with E-state index in [9.17, 15) is 9.59 Å². The van der Waals surface area contributed by atoms with Gasteiger partial charge in [-0.15, -0.1) is 0 Å². The smallest absolute Gasteiger partial charge is 0.274 e. The number of carbonyl (C=O) groups is 2. The number of hydrogen-bond donors (Lipinski definition) is 1. The van der Waals surface area contributed by atoms with E-state index in [0.29, 0.717) is 44.2 Å². The van der Waals surface area contributed by atoms with Crippen LogP contribution < -0.4 is 5.73 Å². The zero-order valence-corrected chi connectivity index (χ0v) is 14.2. The molecule has 2 aliphatic rings. The molecule has 2 saturated heterocycles. The van der Waals surface area contributed by atoms with Gasteiger partial charge in [-0.1, -0.05) is 6.07 Å². The van der Waals surface area contributed by atoms with Crippen molar-refractivity contribution in [3.8, 4) is 0 Å². The van der Waals surface area contributed by atoms with Gasteiger partial charge in [0.1, 0.15) is 0 Å². The van der Waals surface area contributed by atoms with Gasteiger partial charge >= 0.3 is 0 Å². The second-order valence-corrected chi connectivity index (χ2v) is 6.88. The predicted molar refractivity (Wildman–Crippen MR) is 93.0 cm³/mol. The molecule has 25 heavy (non-hydrogen) atoms. The second-order valence-electron chi connectivity index (χ2n) is 6.88. The summed E-state index contributed by atoms with van der Waals surface area (Å²) in [6, 6.07) is 7.81. The Morgan fingerprint density at radius 3 is 3.00 bits per heavy atom. The van der Waals surface area contributed by atoms with E-state index in [1.54, 1.807) is 4.52 Å². The average molecular weight is 341 g/mol. The number of rotatable bonds is 3. The molecule has 0 saturated carbocycles. The van der Waals surface area contributed by atoms with Crippen LogP contribution in [0.1, 0.15) is 29.8 Å². The summed E-state index contributed by atoms with van der Waals surface area (Å²) in [4.78, 5) is 28.8. The molecule has 2 N–H and O–H groups in total. The summed E-state index contributed by atoms with van der Waals surface area (Å²) in [5.41, 5.74) is 7.06. The number of nitrogens with zero attached hydrogens (tertiary/aromatic N) is 4.